The monoisotopic (exact) mass is 710 g/mol. The third-order valence-electron chi connectivity index (χ3n) is 8.48. The Labute approximate surface area is 258 Å². The van der Waals surface area contributed by atoms with Gasteiger partial charge >= 0.3 is 0 Å². The van der Waals surface area contributed by atoms with Crippen LogP contribution in [0.1, 0.15) is 57.4 Å². The quantitative estimate of drug-likeness (QED) is 0.275. The minimum atomic E-state index is -3.98. The minimum absolute atomic E-state index is 0.00868. The molecule has 1 heterocycles. The van der Waals surface area contributed by atoms with Crippen molar-refractivity contribution in [3.8, 4) is 0 Å². The summed E-state index contributed by atoms with van der Waals surface area (Å²) in [7, 11) is -3.98. The van der Waals surface area contributed by atoms with Crippen molar-refractivity contribution in [1.29, 1.82) is 0 Å². The second kappa shape index (κ2) is 11.8. The summed E-state index contributed by atoms with van der Waals surface area (Å²) < 4.78 is 28.4. The number of rotatable bonds is 11. The molecule has 218 valence electrons. The molecule has 5 rings (SSSR count). The SMILES string of the molecule is CC[C@H](CC(=O)[C@@H]1C[C@@H](S(=O)(=O)c2ccccc2Cl)CN1C(=O)C1(c2ccc(I)cc2)CC1)C(=O)C(=O)NC1CC1. The molecule has 3 atom stereocenters. The minimum Gasteiger partial charge on any atom is -0.347 e. The molecule has 1 aliphatic heterocycles. The third kappa shape index (κ3) is 6.10. The van der Waals surface area contributed by atoms with Crippen molar-refractivity contribution in [1.82, 2.24) is 10.2 Å². The largest absolute Gasteiger partial charge is 0.347 e. The van der Waals surface area contributed by atoms with Gasteiger partial charge in [-0.2, -0.15) is 0 Å². The zero-order valence-corrected chi connectivity index (χ0v) is 26.4. The van der Waals surface area contributed by atoms with Crippen molar-refractivity contribution in [2.45, 2.75) is 79.5 Å². The van der Waals surface area contributed by atoms with Crippen molar-refractivity contribution in [2.24, 2.45) is 5.92 Å². The lowest BCUT2D eigenvalue weighted by Crippen LogP contribution is -2.47. The predicted molar refractivity (Wildman–Crippen MR) is 162 cm³/mol. The van der Waals surface area contributed by atoms with E-state index in [9.17, 15) is 27.6 Å². The molecular formula is C30H32ClIN2O6S. The number of benzene rings is 2. The Kier molecular flexibility index (Phi) is 8.65. The summed E-state index contributed by atoms with van der Waals surface area (Å²) in [5, 5.41) is 1.72. The molecular weight excluding hydrogens is 679 g/mol. The molecule has 2 amide bonds. The number of nitrogens with zero attached hydrogens (tertiary/aromatic N) is 1. The molecule has 11 heteroatoms. The third-order valence-corrected chi connectivity index (χ3v) is 11.8. The first-order chi connectivity index (χ1) is 19.5. The van der Waals surface area contributed by atoms with Gasteiger partial charge in [-0.15, -0.1) is 0 Å². The van der Waals surface area contributed by atoms with Crippen LogP contribution in [0.2, 0.25) is 5.02 Å². The number of hydrogen-bond acceptors (Lipinski definition) is 6. The highest BCUT2D eigenvalue weighted by Crippen LogP contribution is 2.51. The van der Waals surface area contributed by atoms with Crippen molar-refractivity contribution >= 4 is 67.4 Å². The average molecular weight is 711 g/mol. The van der Waals surface area contributed by atoms with Gasteiger partial charge in [0.25, 0.3) is 5.91 Å². The van der Waals surface area contributed by atoms with Gasteiger partial charge < -0.3 is 10.2 Å². The van der Waals surface area contributed by atoms with Gasteiger partial charge in [0.15, 0.2) is 15.6 Å². The topological polar surface area (TPSA) is 118 Å². The van der Waals surface area contributed by atoms with Crippen LogP contribution < -0.4 is 5.32 Å². The molecule has 0 aromatic heterocycles. The molecule has 2 aromatic carbocycles. The molecule has 3 fully saturated rings. The first-order valence-electron chi connectivity index (χ1n) is 13.9. The number of carbonyl (C=O) groups is 4. The number of sulfone groups is 1. The first kappa shape index (κ1) is 30.2. The summed E-state index contributed by atoms with van der Waals surface area (Å²) >= 11 is 8.44. The van der Waals surface area contributed by atoms with Crippen molar-refractivity contribution in [3.63, 3.8) is 0 Å². The summed E-state index contributed by atoms with van der Waals surface area (Å²) in [6.45, 7) is 1.58. The maximum atomic E-state index is 14.2. The van der Waals surface area contributed by atoms with E-state index in [0.717, 1.165) is 22.0 Å². The van der Waals surface area contributed by atoms with Gasteiger partial charge in [-0.1, -0.05) is 42.8 Å². The Hall–Kier alpha value is -2.31. The van der Waals surface area contributed by atoms with Crippen LogP contribution in [0.15, 0.2) is 53.4 Å². The number of hydrogen-bond donors (Lipinski definition) is 1. The van der Waals surface area contributed by atoms with Crippen molar-refractivity contribution in [2.75, 3.05) is 6.54 Å². The number of ketones is 2. The zero-order chi connectivity index (χ0) is 29.5. The van der Waals surface area contributed by atoms with Crippen LogP contribution in [0.4, 0.5) is 0 Å². The van der Waals surface area contributed by atoms with E-state index in [1.54, 1.807) is 19.1 Å². The van der Waals surface area contributed by atoms with Crippen molar-refractivity contribution in [3.05, 3.63) is 62.7 Å². The number of amides is 2. The normalized spacial score (nSPS) is 22.2. The lowest BCUT2D eigenvalue weighted by molar-refractivity contribution is -0.143. The summed E-state index contributed by atoms with van der Waals surface area (Å²) in [5.41, 5.74) is 0.0284. The number of halogens is 2. The lowest BCUT2D eigenvalue weighted by Gasteiger charge is -2.29. The summed E-state index contributed by atoms with van der Waals surface area (Å²) in [6, 6.07) is 12.8. The van der Waals surface area contributed by atoms with Crippen molar-refractivity contribution < 1.29 is 27.6 Å². The van der Waals surface area contributed by atoms with E-state index in [1.165, 1.54) is 17.0 Å². The molecule has 1 saturated heterocycles. The molecule has 0 unspecified atom stereocenters. The van der Waals surface area contributed by atoms with E-state index in [0.29, 0.717) is 12.8 Å². The van der Waals surface area contributed by atoms with E-state index in [4.69, 9.17) is 11.6 Å². The second-order valence-electron chi connectivity index (χ2n) is 11.3. The van der Waals surface area contributed by atoms with Crippen LogP contribution >= 0.6 is 34.2 Å². The number of likely N-dealkylation sites (tertiary alicyclic amines) is 1. The highest BCUT2D eigenvalue weighted by atomic mass is 127. The van der Waals surface area contributed by atoms with Gasteiger partial charge in [-0.25, -0.2) is 8.42 Å². The molecule has 1 N–H and O–H groups in total. The van der Waals surface area contributed by atoms with Crippen LogP contribution in [0, 0.1) is 9.49 Å². The molecule has 0 radical (unpaired) electrons. The molecule has 2 aromatic rings. The average Bonchev–Trinajstić information content (AvgIpc) is 3.89. The Morgan fingerprint density at radius 1 is 1.07 bits per heavy atom. The summed E-state index contributed by atoms with van der Waals surface area (Å²) in [4.78, 5) is 54.6. The van der Waals surface area contributed by atoms with E-state index in [2.05, 4.69) is 27.9 Å². The smallest absolute Gasteiger partial charge is 0.287 e. The number of nitrogens with one attached hydrogen (secondary N) is 1. The molecule has 2 aliphatic carbocycles. The van der Waals surface area contributed by atoms with Gasteiger partial charge in [0, 0.05) is 28.5 Å². The maximum Gasteiger partial charge on any atom is 0.287 e. The van der Waals surface area contributed by atoms with Crippen LogP contribution in [0.3, 0.4) is 0 Å². The van der Waals surface area contributed by atoms with E-state index >= 15 is 0 Å². The van der Waals surface area contributed by atoms with Gasteiger partial charge in [0.05, 0.1) is 26.6 Å². The Bertz CT molecular complexity index is 1490. The molecule has 0 spiro atoms. The van der Waals surface area contributed by atoms with Gasteiger partial charge in [0.2, 0.25) is 11.7 Å². The fourth-order valence-corrected chi connectivity index (χ4v) is 8.25. The van der Waals surface area contributed by atoms with Gasteiger partial charge in [0.1, 0.15) is 0 Å². The molecule has 41 heavy (non-hydrogen) atoms. The Morgan fingerprint density at radius 2 is 1.73 bits per heavy atom. The van der Waals surface area contributed by atoms with Crippen LogP contribution in [0.25, 0.3) is 0 Å². The van der Waals surface area contributed by atoms with E-state index in [1.807, 2.05) is 24.3 Å². The second-order valence-corrected chi connectivity index (χ2v) is 15.1. The zero-order valence-electron chi connectivity index (χ0n) is 22.6. The van der Waals surface area contributed by atoms with Crippen LogP contribution in [-0.4, -0.2) is 60.6 Å². The van der Waals surface area contributed by atoms with Crippen LogP contribution in [0.5, 0.6) is 0 Å². The van der Waals surface area contributed by atoms with Gasteiger partial charge in [-0.05, 0) is 90.9 Å². The lowest BCUT2D eigenvalue weighted by atomic mass is 9.90. The molecule has 2 saturated carbocycles. The Balaban J connectivity index is 1.43. The molecule has 0 bridgehead atoms. The predicted octanol–water partition coefficient (Wildman–Crippen LogP) is 4.25. The summed E-state index contributed by atoms with van der Waals surface area (Å²) in [6.07, 6.45) is 2.80. The highest BCUT2D eigenvalue weighted by molar-refractivity contribution is 14.1. The Morgan fingerprint density at radius 3 is 2.32 bits per heavy atom. The standard InChI is InChI=1S/C30H32ClIN2O6S/c1-2-18(27(36)28(37)33-21-11-12-21)15-25(35)24-16-22(41(39,40)26-6-4-3-5-23(26)31)17-34(24)29(38)30(13-14-30)19-7-9-20(32)10-8-19/h3-10,18,21-22,24H,2,11-17H2,1H3,(H,33,37)/t18-,22-,24+/m1/s1. The number of Topliss-reactive ketones (excluding diaryl/α,β-unsaturated/α-hetero) is 2. The van der Waals surface area contributed by atoms with E-state index in [-0.39, 0.29) is 47.7 Å². The summed E-state index contributed by atoms with van der Waals surface area (Å²) in [5.74, 6) is -2.88. The van der Waals surface area contributed by atoms with Crippen LogP contribution in [-0.2, 0) is 34.4 Å². The molecule has 3 aliphatic rings. The fourth-order valence-electron chi connectivity index (χ4n) is 5.67. The highest BCUT2D eigenvalue weighted by Gasteiger charge is 2.57. The van der Waals surface area contributed by atoms with E-state index < -0.39 is 49.9 Å². The number of carbonyl (C=O) groups excluding carboxylic acids is 4. The molecule has 8 nitrogen and oxygen atoms in total. The van der Waals surface area contributed by atoms with Gasteiger partial charge in [-0.3, -0.25) is 19.2 Å². The maximum absolute atomic E-state index is 14.2. The first-order valence-corrected chi connectivity index (χ1v) is 16.9. The fraction of sp³-hybridized carbons (Fsp3) is 0.467.